The van der Waals surface area contributed by atoms with Crippen LogP contribution in [0.2, 0.25) is 0 Å². The molecule has 28 heavy (non-hydrogen) atoms. The van der Waals surface area contributed by atoms with Crippen LogP contribution in [0.25, 0.3) is 0 Å². The highest BCUT2D eigenvalue weighted by atomic mass is 79.9. The first-order valence-electron chi connectivity index (χ1n) is 9.26. The van der Waals surface area contributed by atoms with Crippen molar-refractivity contribution in [2.75, 3.05) is 37.7 Å². The van der Waals surface area contributed by atoms with Crippen LogP contribution < -0.4 is 10.2 Å². The number of benzene rings is 1. The van der Waals surface area contributed by atoms with Gasteiger partial charge in [0.1, 0.15) is 11.4 Å². The average Bonchev–Trinajstić information content (AvgIpc) is 2.93. The van der Waals surface area contributed by atoms with E-state index in [-0.39, 0.29) is 11.9 Å². The number of hydrogen-bond donors (Lipinski definition) is 1. The predicted molar refractivity (Wildman–Crippen MR) is 110 cm³/mol. The second kappa shape index (κ2) is 7.52. The van der Waals surface area contributed by atoms with Gasteiger partial charge in [0.2, 0.25) is 0 Å². The molecule has 1 atom stereocenters. The number of anilines is 1. The molecule has 2 aliphatic heterocycles. The zero-order chi connectivity index (χ0) is 19.7. The molecule has 2 fully saturated rings. The first kappa shape index (κ1) is 18.9. The number of aromatic nitrogens is 1. The fourth-order valence-electron chi connectivity index (χ4n) is 3.66. The molecule has 8 heteroatoms. The number of halogens is 1. The SMILES string of the molecule is C[C@@]1(c2ccc(Br)cc2)NC(=O)N(CN2CCN(c3ccccn3)CC2)C1=O. The molecule has 0 radical (unpaired) electrons. The van der Waals surface area contributed by atoms with Crippen molar-refractivity contribution in [1.29, 1.82) is 0 Å². The van der Waals surface area contributed by atoms with Crippen LogP contribution in [0.5, 0.6) is 0 Å². The van der Waals surface area contributed by atoms with Crippen molar-refractivity contribution in [3.63, 3.8) is 0 Å². The molecule has 0 aliphatic carbocycles. The highest BCUT2D eigenvalue weighted by Crippen LogP contribution is 2.30. The summed E-state index contributed by atoms with van der Waals surface area (Å²) in [4.78, 5) is 35.7. The lowest BCUT2D eigenvalue weighted by Gasteiger charge is -2.36. The molecule has 0 bridgehead atoms. The Balaban J connectivity index is 1.41. The number of carbonyl (C=O) groups is 2. The van der Waals surface area contributed by atoms with Crippen molar-refractivity contribution in [3.05, 3.63) is 58.7 Å². The Hall–Kier alpha value is -2.45. The largest absolute Gasteiger partial charge is 0.354 e. The van der Waals surface area contributed by atoms with E-state index in [2.05, 4.69) is 36.0 Å². The van der Waals surface area contributed by atoms with Gasteiger partial charge in [-0.25, -0.2) is 14.7 Å². The van der Waals surface area contributed by atoms with Crippen molar-refractivity contribution >= 4 is 33.7 Å². The summed E-state index contributed by atoms with van der Waals surface area (Å²) in [5.74, 6) is 0.743. The van der Waals surface area contributed by atoms with Gasteiger partial charge >= 0.3 is 6.03 Å². The van der Waals surface area contributed by atoms with E-state index in [9.17, 15) is 9.59 Å². The number of nitrogens with zero attached hydrogens (tertiary/aromatic N) is 4. The summed E-state index contributed by atoms with van der Waals surface area (Å²) in [6.07, 6.45) is 1.79. The molecule has 1 N–H and O–H groups in total. The lowest BCUT2D eigenvalue weighted by molar-refractivity contribution is -0.132. The molecular formula is C20H22BrN5O2. The molecule has 0 unspecified atom stereocenters. The number of pyridine rings is 1. The number of nitrogens with one attached hydrogen (secondary N) is 1. The summed E-state index contributed by atoms with van der Waals surface area (Å²) >= 11 is 3.40. The Bertz CT molecular complexity index is 868. The molecule has 146 valence electrons. The number of amides is 3. The second-order valence-corrected chi connectivity index (χ2v) is 8.15. The first-order chi connectivity index (χ1) is 13.5. The number of urea groups is 1. The standard InChI is InChI=1S/C20H22BrN5O2/c1-20(15-5-7-16(21)8-6-15)18(27)26(19(28)23-20)14-24-10-12-25(13-11-24)17-4-2-3-9-22-17/h2-9H,10-14H2,1H3,(H,23,28)/t20-/m0/s1. The van der Waals surface area contributed by atoms with Crippen LogP contribution in [0.1, 0.15) is 12.5 Å². The number of rotatable bonds is 4. The molecule has 2 aromatic rings. The molecular weight excluding hydrogens is 422 g/mol. The van der Waals surface area contributed by atoms with Gasteiger partial charge in [-0.15, -0.1) is 0 Å². The minimum atomic E-state index is -1.03. The highest BCUT2D eigenvalue weighted by Gasteiger charge is 2.49. The van der Waals surface area contributed by atoms with E-state index in [4.69, 9.17) is 0 Å². The third-order valence-corrected chi connectivity index (χ3v) is 5.91. The van der Waals surface area contributed by atoms with Gasteiger partial charge in [0.15, 0.2) is 0 Å². The van der Waals surface area contributed by atoms with Crippen LogP contribution in [-0.2, 0) is 10.3 Å². The van der Waals surface area contributed by atoms with Gasteiger partial charge in [-0.1, -0.05) is 34.1 Å². The van der Waals surface area contributed by atoms with Crippen LogP contribution in [0.15, 0.2) is 53.1 Å². The molecule has 1 aromatic carbocycles. The van der Waals surface area contributed by atoms with Crippen molar-refractivity contribution in [2.45, 2.75) is 12.5 Å². The third kappa shape index (κ3) is 3.49. The van der Waals surface area contributed by atoms with E-state index < -0.39 is 5.54 Å². The van der Waals surface area contributed by atoms with Gasteiger partial charge in [-0.2, -0.15) is 0 Å². The molecule has 7 nitrogen and oxygen atoms in total. The van der Waals surface area contributed by atoms with Gasteiger partial charge in [0.25, 0.3) is 5.91 Å². The maximum Gasteiger partial charge on any atom is 0.326 e. The van der Waals surface area contributed by atoms with Gasteiger partial charge in [-0.3, -0.25) is 9.69 Å². The maximum atomic E-state index is 13.1. The molecule has 2 aliphatic rings. The molecule has 1 aromatic heterocycles. The predicted octanol–water partition coefficient (Wildman–Crippen LogP) is 2.39. The fraction of sp³-hybridized carbons (Fsp3) is 0.350. The lowest BCUT2D eigenvalue weighted by Crippen LogP contribution is -2.51. The Morgan fingerprint density at radius 2 is 1.79 bits per heavy atom. The fourth-order valence-corrected chi connectivity index (χ4v) is 3.93. The van der Waals surface area contributed by atoms with Gasteiger partial charge in [0.05, 0.1) is 6.67 Å². The van der Waals surface area contributed by atoms with Crippen molar-refractivity contribution in [1.82, 2.24) is 20.1 Å². The van der Waals surface area contributed by atoms with Crippen LogP contribution in [-0.4, -0.2) is 59.6 Å². The Morgan fingerprint density at radius 3 is 2.43 bits per heavy atom. The summed E-state index contributed by atoms with van der Waals surface area (Å²) in [6.45, 7) is 5.21. The number of carbonyl (C=O) groups excluding carboxylic acids is 2. The molecule has 0 spiro atoms. The minimum Gasteiger partial charge on any atom is -0.354 e. The number of imide groups is 1. The highest BCUT2D eigenvalue weighted by molar-refractivity contribution is 9.10. The average molecular weight is 444 g/mol. The molecule has 0 saturated carbocycles. The molecule has 4 rings (SSSR count). The maximum absolute atomic E-state index is 13.1. The van der Waals surface area contributed by atoms with Gasteiger partial charge in [0, 0.05) is 36.8 Å². The molecule has 3 amide bonds. The smallest absolute Gasteiger partial charge is 0.326 e. The monoisotopic (exact) mass is 443 g/mol. The van der Waals surface area contributed by atoms with Crippen molar-refractivity contribution in [2.24, 2.45) is 0 Å². The van der Waals surface area contributed by atoms with E-state index in [0.717, 1.165) is 42.0 Å². The minimum absolute atomic E-state index is 0.216. The summed E-state index contributed by atoms with van der Waals surface area (Å²) in [7, 11) is 0. The van der Waals surface area contributed by atoms with Crippen LogP contribution >= 0.6 is 15.9 Å². The summed E-state index contributed by atoms with van der Waals surface area (Å²) in [5, 5.41) is 2.87. The summed E-state index contributed by atoms with van der Waals surface area (Å²) < 4.78 is 0.930. The second-order valence-electron chi connectivity index (χ2n) is 7.23. The zero-order valence-electron chi connectivity index (χ0n) is 15.6. The van der Waals surface area contributed by atoms with E-state index in [1.807, 2.05) is 42.5 Å². The van der Waals surface area contributed by atoms with Crippen LogP contribution in [0.3, 0.4) is 0 Å². The van der Waals surface area contributed by atoms with Crippen LogP contribution in [0.4, 0.5) is 10.6 Å². The number of hydrogen-bond acceptors (Lipinski definition) is 5. The Kier molecular flexibility index (Phi) is 5.07. The van der Waals surface area contributed by atoms with E-state index in [0.29, 0.717) is 6.67 Å². The van der Waals surface area contributed by atoms with Crippen molar-refractivity contribution < 1.29 is 9.59 Å². The van der Waals surface area contributed by atoms with E-state index >= 15 is 0 Å². The van der Waals surface area contributed by atoms with Gasteiger partial charge < -0.3 is 10.2 Å². The lowest BCUT2D eigenvalue weighted by atomic mass is 9.92. The number of piperazine rings is 1. The normalized spacial score (nSPS) is 23.2. The Labute approximate surface area is 172 Å². The first-order valence-corrected chi connectivity index (χ1v) is 10.1. The van der Waals surface area contributed by atoms with Crippen LogP contribution in [0, 0.1) is 0 Å². The molecule has 2 saturated heterocycles. The Morgan fingerprint density at radius 1 is 1.07 bits per heavy atom. The quantitative estimate of drug-likeness (QED) is 0.734. The third-order valence-electron chi connectivity index (χ3n) is 5.38. The van der Waals surface area contributed by atoms with E-state index in [1.165, 1.54) is 4.90 Å². The molecule has 3 heterocycles. The summed E-state index contributed by atoms with van der Waals surface area (Å²) in [5.41, 5.74) is -0.260. The summed E-state index contributed by atoms with van der Waals surface area (Å²) in [6, 6.07) is 13.0. The zero-order valence-corrected chi connectivity index (χ0v) is 17.2. The van der Waals surface area contributed by atoms with E-state index in [1.54, 1.807) is 13.1 Å². The van der Waals surface area contributed by atoms with Gasteiger partial charge in [-0.05, 0) is 36.8 Å². The topological polar surface area (TPSA) is 68.8 Å². The van der Waals surface area contributed by atoms with Crippen molar-refractivity contribution in [3.8, 4) is 0 Å².